The predicted octanol–water partition coefficient (Wildman–Crippen LogP) is 5.44. The molecule has 3 heteroatoms. The number of fused-ring (bicyclic) bond motifs is 5. The monoisotopic (exact) mass is 386 g/mol. The van der Waals surface area contributed by atoms with Crippen LogP contribution < -0.4 is 0 Å². The topological polar surface area (TPSA) is 46.5 Å². The molecule has 3 saturated carbocycles. The summed E-state index contributed by atoms with van der Waals surface area (Å²) in [5.41, 5.74) is 3.83. The SMILES string of the molecule is COC(=O)CC[C@@H](C)C1CCC2C3=CC=C4C[C@@H](O)CC[C@]4(C)C3CC[C@@]21C. The summed E-state index contributed by atoms with van der Waals surface area (Å²) in [4.78, 5) is 11.6. The Bertz CT molecular complexity index is 692. The third-order valence-electron chi connectivity index (χ3n) is 9.34. The van der Waals surface area contributed by atoms with Crippen LogP contribution in [0.25, 0.3) is 0 Å². The fourth-order valence-corrected chi connectivity index (χ4v) is 7.61. The van der Waals surface area contributed by atoms with Crippen molar-refractivity contribution < 1.29 is 14.6 Å². The largest absolute Gasteiger partial charge is 0.469 e. The third-order valence-corrected chi connectivity index (χ3v) is 9.34. The normalized spacial score (nSPS) is 43.2. The van der Waals surface area contributed by atoms with Crippen molar-refractivity contribution in [1.29, 1.82) is 0 Å². The molecule has 0 heterocycles. The van der Waals surface area contributed by atoms with Gasteiger partial charge in [-0.2, -0.15) is 0 Å². The summed E-state index contributed by atoms with van der Waals surface area (Å²) in [5.74, 6) is 2.56. The summed E-state index contributed by atoms with van der Waals surface area (Å²) in [6, 6.07) is 0. The average molecular weight is 387 g/mol. The molecule has 28 heavy (non-hydrogen) atoms. The highest BCUT2D eigenvalue weighted by molar-refractivity contribution is 5.69. The van der Waals surface area contributed by atoms with Crippen LogP contribution in [0.2, 0.25) is 0 Å². The first-order valence-electron chi connectivity index (χ1n) is 11.5. The minimum atomic E-state index is -0.144. The molecule has 4 aliphatic rings. The van der Waals surface area contributed by atoms with Gasteiger partial charge >= 0.3 is 5.97 Å². The van der Waals surface area contributed by atoms with Crippen LogP contribution in [0.1, 0.15) is 78.6 Å². The van der Waals surface area contributed by atoms with Gasteiger partial charge < -0.3 is 9.84 Å². The van der Waals surface area contributed by atoms with Crippen LogP contribution in [-0.2, 0) is 9.53 Å². The van der Waals surface area contributed by atoms with Gasteiger partial charge in [-0.25, -0.2) is 0 Å². The molecule has 0 aromatic carbocycles. The molecule has 0 saturated heterocycles. The van der Waals surface area contributed by atoms with Gasteiger partial charge in [0.2, 0.25) is 0 Å². The molecule has 0 spiro atoms. The van der Waals surface area contributed by atoms with Crippen LogP contribution >= 0.6 is 0 Å². The smallest absolute Gasteiger partial charge is 0.305 e. The van der Waals surface area contributed by atoms with E-state index in [1.807, 2.05) is 0 Å². The zero-order valence-electron chi connectivity index (χ0n) is 18.2. The fourth-order valence-electron chi connectivity index (χ4n) is 7.61. The summed E-state index contributed by atoms with van der Waals surface area (Å²) in [6.45, 7) is 7.36. The molecule has 0 aromatic rings. The molecular formula is C25H38O3. The lowest BCUT2D eigenvalue weighted by Crippen LogP contribution is -2.46. The number of carbonyl (C=O) groups excluding carboxylic acids is 1. The van der Waals surface area contributed by atoms with Crippen LogP contribution in [0.3, 0.4) is 0 Å². The number of rotatable bonds is 4. The highest BCUT2D eigenvalue weighted by Gasteiger charge is 2.56. The number of hydrogen-bond acceptors (Lipinski definition) is 3. The Morgan fingerprint density at radius 3 is 2.71 bits per heavy atom. The molecular weight excluding hydrogens is 348 g/mol. The van der Waals surface area contributed by atoms with Crippen molar-refractivity contribution in [3.8, 4) is 0 Å². The number of hydrogen-bond donors (Lipinski definition) is 1. The van der Waals surface area contributed by atoms with Gasteiger partial charge in [0.05, 0.1) is 13.2 Å². The molecule has 0 bridgehead atoms. The predicted molar refractivity (Wildman–Crippen MR) is 112 cm³/mol. The number of carbonyl (C=O) groups is 1. The first kappa shape index (κ1) is 20.2. The Hall–Kier alpha value is -1.09. The van der Waals surface area contributed by atoms with Crippen LogP contribution in [0.5, 0.6) is 0 Å². The van der Waals surface area contributed by atoms with E-state index in [-0.39, 0.29) is 17.5 Å². The van der Waals surface area contributed by atoms with Crippen molar-refractivity contribution in [2.24, 2.45) is 34.5 Å². The van der Waals surface area contributed by atoms with Crippen molar-refractivity contribution in [2.75, 3.05) is 7.11 Å². The zero-order chi connectivity index (χ0) is 20.1. The van der Waals surface area contributed by atoms with Crippen LogP contribution in [0.15, 0.2) is 23.3 Å². The summed E-state index contributed by atoms with van der Waals surface area (Å²) in [7, 11) is 1.49. The Balaban J connectivity index is 1.55. The molecule has 1 N–H and O–H groups in total. The Morgan fingerprint density at radius 2 is 1.96 bits per heavy atom. The molecule has 0 amide bonds. The number of methoxy groups -OCH3 is 1. The van der Waals surface area contributed by atoms with Crippen molar-refractivity contribution >= 4 is 5.97 Å². The van der Waals surface area contributed by atoms with Gasteiger partial charge in [0.25, 0.3) is 0 Å². The number of ether oxygens (including phenoxy) is 1. The molecule has 4 rings (SSSR count). The van der Waals surface area contributed by atoms with Gasteiger partial charge in [-0.1, -0.05) is 44.1 Å². The van der Waals surface area contributed by atoms with Gasteiger partial charge in [-0.15, -0.1) is 0 Å². The van der Waals surface area contributed by atoms with Gasteiger partial charge in [-0.05, 0) is 85.9 Å². The van der Waals surface area contributed by atoms with Crippen LogP contribution in [0, 0.1) is 34.5 Å². The molecule has 0 radical (unpaired) electrons. The van der Waals surface area contributed by atoms with Crippen LogP contribution in [0.4, 0.5) is 0 Å². The van der Waals surface area contributed by atoms with Gasteiger partial charge in [0, 0.05) is 6.42 Å². The third kappa shape index (κ3) is 3.09. The summed E-state index contributed by atoms with van der Waals surface area (Å²) < 4.78 is 4.86. The molecule has 3 nitrogen and oxygen atoms in total. The summed E-state index contributed by atoms with van der Waals surface area (Å²) in [6.07, 6.45) is 14.3. The maximum atomic E-state index is 11.6. The Labute approximate surface area is 170 Å². The van der Waals surface area contributed by atoms with E-state index in [1.165, 1.54) is 38.4 Å². The van der Waals surface area contributed by atoms with Crippen molar-refractivity contribution in [1.82, 2.24) is 0 Å². The standard InChI is InChI=1S/C25H38O3/c1-16(5-10-23(27)28-4)20-8-9-21-19-7-6-17-15-18(26)11-13-24(17,2)22(19)12-14-25(20,21)3/h6-7,16,18,20-22,26H,5,8-15H2,1-4H3/t16-,18+,20?,21?,22?,24+,25-/m1/s1. The molecule has 0 aliphatic heterocycles. The fraction of sp³-hybridized carbons (Fsp3) is 0.800. The molecule has 3 unspecified atom stereocenters. The van der Waals surface area contributed by atoms with E-state index in [0.29, 0.717) is 35.5 Å². The van der Waals surface area contributed by atoms with Gasteiger partial charge in [0.15, 0.2) is 0 Å². The summed E-state index contributed by atoms with van der Waals surface area (Å²) in [5, 5.41) is 10.2. The van der Waals surface area contributed by atoms with E-state index < -0.39 is 0 Å². The quantitative estimate of drug-likeness (QED) is 0.655. The van der Waals surface area contributed by atoms with E-state index in [4.69, 9.17) is 4.74 Å². The lowest BCUT2D eigenvalue weighted by atomic mass is 9.50. The van der Waals surface area contributed by atoms with Gasteiger partial charge in [-0.3, -0.25) is 4.79 Å². The van der Waals surface area contributed by atoms with Crippen molar-refractivity contribution in [2.45, 2.75) is 84.7 Å². The number of aliphatic hydroxyl groups is 1. The minimum Gasteiger partial charge on any atom is -0.469 e. The number of esters is 1. The van der Waals surface area contributed by atoms with E-state index in [0.717, 1.165) is 25.7 Å². The van der Waals surface area contributed by atoms with Crippen molar-refractivity contribution in [3.05, 3.63) is 23.3 Å². The highest BCUT2D eigenvalue weighted by atomic mass is 16.5. The minimum absolute atomic E-state index is 0.0738. The van der Waals surface area contributed by atoms with Gasteiger partial charge in [0.1, 0.15) is 0 Å². The van der Waals surface area contributed by atoms with Crippen LogP contribution in [-0.4, -0.2) is 24.3 Å². The number of allylic oxidation sites excluding steroid dienone is 3. The van der Waals surface area contributed by atoms with E-state index in [2.05, 4.69) is 32.9 Å². The first-order valence-corrected chi connectivity index (χ1v) is 11.5. The molecule has 7 atom stereocenters. The lowest BCUT2D eigenvalue weighted by Gasteiger charge is -2.55. The number of aliphatic hydroxyl groups excluding tert-OH is 1. The molecule has 0 aromatic heterocycles. The second kappa shape index (κ2) is 7.31. The van der Waals surface area contributed by atoms with Crippen molar-refractivity contribution in [3.63, 3.8) is 0 Å². The maximum Gasteiger partial charge on any atom is 0.305 e. The average Bonchev–Trinajstić information content (AvgIpc) is 3.03. The van der Waals surface area contributed by atoms with E-state index in [1.54, 1.807) is 5.57 Å². The van der Waals surface area contributed by atoms with E-state index in [9.17, 15) is 9.90 Å². The maximum absolute atomic E-state index is 11.6. The summed E-state index contributed by atoms with van der Waals surface area (Å²) >= 11 is 0. The van der Waals surface area contributed by atoms with E-state index >= 15 is 0 Å². The second-order valence-corrected chi connectivity index (χ2v) is 10.6. The second-order valence-electron chi connectivity index (χ2n) is 10.6. The lowest BCUT2D eigenvalue weighted by molar-refractivity contribution is -0.141. The molecule has 3 fully saturated rings. The Kier molecular flexibility index (Phi) is 5.27. The highest BCUT2D eigenvalue weighted by Crippen LogP contribution is 2.66. The molecule has 156 valence electrons. The zero-order valence-corrected chi connectivity index (χ0v) is 18.2. The molecule has 4 aliphatic carbocycles. The first-order chi connectivity index (χ1) is 13.3. The Morgan fingerprint density at radius 1 is 1.18 bits per heavy atom.